The third kappa shape index (κ3) is 3.44. The molecule has 0 bridgehead atoms. The van der Waals surface area contributed by atoms with E-state index >= 15 is 0 Å². The maximum atomic E-state index is 13.3. The fraction of sp³-hybridized carbons (Fsp3) is 0.500. The normalized spacial score (nSPS) is 18.6. The number of halogens is 1. The molecule has 1 aliphatic heterocycles. The number of rotatable bonds is 5. The van der Waals surface area contributed by atoms with Crippen molar-refractivity contribution >= 4 is 5.91 Å². The SMILES string of the molecule is O=C(CCOc1ccccc1F)N1CCCC1CO. The van der Waals surface area contributed by atoms with Gasteiger partial charge >= 0.3 is 0 Å². The minimum Gasteiger partial charge on any atom is -0.490 e. The molecular weight excluding hydrogens is 249 g/mol. The molecule has 1 atom stereocenters. The number of nitrogens with zero attached hydrogens (tertiary/aromatic N) is 1. The van der Waals surface area contributed by atoms with Crippen molar-refractivity contribution in [2.75, 3.05) is 19.8 Å². The van der Waals surface area contributed by atoms with Crippen LogP contribution in [0.1, 0.15) is 19.3 Å². The van der Waals surface area contributed by atoms with Gasteiger partial charge in [0.25, 0.3) is 0 Å². The first-order valence-corrected chi connectivity index (χ1v) is 6.50. The van der Waals surface area contributed by atoms with Gasteiger partial charge in [0.2, 0.25) is 5.91 Å². The number of benzene rings is 1. The van der Waals surface area contributed by atoms with Crippen molar-refractivity contribution in [2.24, 2.45) is 0 Å². The van der Waals surface area contributed by atoms with Crippen molar-refractivity contribution in [3.8, 4) is 5.75 Å². The number of carbonyl (C=O) groups is 1. The number of likely N-dealkylation sites (tertiary alicyclic amines) is 1. The molecule has 1 N–H and O–H groups in total. The fourth-order valence-corrected chi connectivity index (χ4v) is 2.31. The van der Waals surface area contributed by atoms with Gasteiger partial charge in [-0.05, 0) is 25.0 Å². The van der Waals surface area contributed by atoms with Crippen molar-refractivity contribution in [3.63, 3.8) is 0 Å². The lowest BCUT2D eigenvalue weighted by Gasteiger charge is -2.23. The van der Waals surface area contributed by atoms with Crippen LogP contribution in [0.25, 0.3) is 0 Å². The average Bonchev–Trinajstić information content (AvgIpc) is 2.89. The first-order valence-electron chi connectivity index (χ1n) is 6.50. The summed E-state index contributed by atoms with van der Waals surface area (Å²) in [6, 6.07) is 6.05. The number of amides is 1. The summed E-state index contributed by atoms with van der Waals surface area (Å²) < 4.78 is 18.5. The van der Waals surface area contributed by atoms with Crippen molar-refractivity contribution < 1.29 is 19.0 Å². The molecule has 1 amide bonds. The molecular formula is C14H18FNO3. The number of para-hydroxylation sites is 1. The molecule has 1 unspecified atom stereocenters. The smallest absolute Gasteiger partial charge is 0.226 e. The Balaban J connectivity index is 1.80. The van der Waals surface area contributed by atoms with Crippen LogP contribution in [0, 0.1) is 5.82 Å². The topological polar surface area (TPSA) is 49.8 Å². The third-order valence-corrected chi connectivity index (χ3v) is 3.32. The predicted octanol–water partition coefficient (Wildman–Crippen LogP) is 1.58. The molecule has 0 aromatic heterocycles. The maximum absolute atomic E-state index is 13.3. The highest BCUT2D eigenvalue weighted by molar-refractivity contribution is 5.77. The summed E-state index contributed by atoms with van der Waals surface area (Å²) >= 11 is 0. The van der Waals surface area contributed by atoms with E-state index in [1.807, 2.05) is 0 Å². The lowest BCUT2D eigenvalue weighted by molar-refractivity contribution is -0.133. The molecule has 0 aliphatic carbocycles. The highest BCUT2D eigenvalue weighted by Crippen LogP contribution is 2.19. The zero-order valence-electron chi connectivity index (χ0n) is 10.7. The summed E-state index contributed by atoms with van der Waals surface area (Å²) in [5, 5.41) is 9.15. The first kappa shape index (κ1) is 13.8. The van der Waals surface area contributed by atoms with Crippen LogP contribution in [-0.4, -0.2) is 41.7 Å². The Morgan fingerprint density at radius 1 is 1.47 bits per heavy atom. The Kier molecular flexibility index (Phi) is 4.74. The molecule has 0 spiro atoms. The standard InChI is InChI=1S/C14H18FNO3/c15-12-5-1-2-6-13(12)19-9-7-14(18)16-8-3-4-11(16)10-17/h1-2,5-6,11,17H,3-4,7-10H2. The number of hydrogen-bond donors (Lipinski definition) is 1. The Labute approximate surface area is 111 Å². The van der Waals surface area contributed by atoms with Crippen LogP contribution in [0.4, 0.5) is 4.39 Å². The monoisotopic (exact) mass is 267 g/mol. The Morgan fingerprint density at radius 3 is 3.00 bits per heavy atom. The lowest BCUT2D eigenvalue weighted by atomic mass is 10.2. The van der Waals surface area contributed by atoms with Gasteiger partial charge in [0.1, 0.15) is 0 Å². The molecule has 1 saturated heterocycles. The lowest BCUT2D eigenvalue weighted by Crippen LogP contribution is -2.38. The van der Waals surface area contributed by atoms with Gasteiger partial charge in [-0.3, -0.25) is 4.79 Å². The molecule has 1 aromatic rings. The minimum atomic E-state index is -0.427. The highest BCUT2D eigenvalue weighted by atomic mass is 19.1. The van der Waals surface area contributed by atoms with Crippen LogP contribution in [-0.2, 0) is 4.79 Å². The summed E-state index contributed by atoms with van der Waals surface area (Å²) in [5.74, 6) is -0.312. The van der Waals surface area contributed by atoms with Crippen molar-refractivity contribution in [1.82, 2.24) is 4.90 Å². The van der Waals surface area contributed by atoms with Crippen LogP contribution in [0.3, 0.4) is 0 Å². The zero-order valence-corrected chi connectivity index (χ0v) is 10.7. The first-order chi connectivity index (χ1) is 9.22. The number of hydrogen-bond acceptors (Lipinski definition) is 3. The van der Waals surface area contributed by atoms with Crippen molar-refractivity contribution in [2.45, 2.75) is 25.3 Å². The Morgan fingerprint density at radius 2 is 2.26 bits per heavy atom. The van der Waals surface area contributed by atoms with Gasteiger partial charge in [-0.1, -0.05) is 12.1 Å². The van der Waals surface area contributed by atoms with E-state index in [9.17, 15) is 9.18 Å². The second-order valence-corrected chi connectivity index (χ2v) is 4.59. The minimum absolute atomic E-state index is 0.0000887. The van der Waals surface area contributed by atoms with E-state index in [1.54, 1.807) is 17.0 Å². The van der Waals surface area contributed by atoms with Gasteiger partial charge in [0.05, 0.1) is 25.7 Å². The van der Waals surface area contributed by atoms with Crippen molar-refractivity contribution in [1.29, 1.82) is 0 Å². The molecule has 0 radical (unpaired) electrons. The molecule has 4 nitrogen and oxygen atoms in total. The van der Waals surface area contributed by atoms with Crippen LogP contribution >= 0.6 is 0 Å². The van der Waals surface area contributed by atoms with E-state index in [1.165, 1.54) is 12.1 Å². The summed E-state index contributed by atoms with van der Waals surface area (Å²) in [6.07, 6.45) is 1.96. The van der Waals surface area contributed by atoms with Crippen LogP contribution in [0.2, 0.25) is 0 Å². The van der Waals surface area contributed by atoms with Crippen molar-refractivity contribution in [3.05, 3.63) is 30.1 Å². The van der Waals surface area contributed by atoms with Gasteiger partial charge in [0.15, 0.2) is 11.6 Å². The van der Waals surface area contributed by atoms with E-state index in [-0.39, 0.29) is 37.3 Å². The predicted molar refractivity (Wildman–Crippen MR) is 68.3 cm³/mol. The number of aliphatic hydroxyl groups is 1. The summed E-state index contributed by atoms with van der Waals surface area (Å²) in [4.78, 5) is 13.6. The average molecular weight is 267 g/mol. The fourth-order valence-electron chi connectivity index (χ4n) is 2.31. The quantitative estimate of drug-likeness (QED) is 0.881. The van der Waals surface area contributed by atoms with E-state index in [4.69, 9.17) is 9.84 Å². The van der Waals surface area contributed by atoms with E-state index in [0.717, 1.165) is 12.8 Å². The molecule has 1 aliphatic rings. The Bertz CT molecular complexity index is 438. The number of ether oxygens (including phenoxy) is 1. The van der Waals surface area contributed by atoms with E-state index < -0.39 is 5.82 Å². The molecule has 2 rings (SSSR count). The van der Waals surface area contributed by atoms with Gasteiger partial charge in [-0.15, -0.1) is 0 Å². The zero-order chi connectivity index (χ0) is 13.7. The largest absolute Gasteiger partial charge is 0.490 e. The van der Waals surface area contributed by atoms with Gasteiger partial charge < -0.3 is 14.7 Å². The summed E-state index contributed by atoms with van der Waals surface area (Å²) in [5.41, 5.74) is 0. The maximum Gasteiger partial charge on any atom is 0.226 e. The second-order valence-electron chi connectivity index (χ2n) is 4.59. The second kappa shape index (κ2) is 6.52. The number of carbonyl (C=O) groups excluding carboxylic acids is 1. The molecule has 0 saturated carbocycles. The van der Waals surface area contributed by atoms with Gasteiger partial charge in [0, 0.05) is 6.54 Å². The van der Waals surface area contributed by atoms with Gasteiger partial charge in [-0.2, -0.15) is 0 Å². The molecule has 1 heterocycles. The highest BCUT2D eigenvalue weighted by Gasteiger charge is 2.27. The summed E-state index contributed by atoms with van der Waals surface area (Å²) in [6.45, 7) is 0.831. The third-order valence-electron chi connectivity index (χ3n) is 3.32. The molecule has 104 valence electrons. The molecule has 1 fully saturated rings. The van der Waals surface area contributed by atoms with Crippen LogP contribution < -0.4 is 4.74 Å². The Hall–Kier alpha value is -1.62. The van der Waals surface area contributed by atoms with Crippen LogP contribution in [0.5, 0.6) is 5.75 Å². The molecule has 1 aromatic carbocycles. The van der Waals surface area contributed by atoms with Crippen LogP contribution in [0.15, 0.2) is 24.3 Å². The van der Waals surface area contributed by atoms with Gasteiger partial charge in [-0.25, -0.2) is 4.39 Å². The summed E-state index contributed by atoms with van der Waals surface area (Å²) in [7, 11) is 0. The van der Waals surface area contributed by atoms with E-state index in [2.05, 4.69) is 0 Å². The van der Waals surface area contributed by atoms with E-state index in [0.29, 0.717) is 6.54 Å². The molecule has 19 heavy (non-hydrogen) atoms. The molecule has 5 heteroatoms. The number of aliphatic hydroxyl groups excluding tert-OH is 1.